The van der Waals surface area contributed by atoms with Crippen LogP contribution in [0.25, 0.3) is 6.08 Å². The van der Waals surface area contributed by atoms with Gasteiger partial charge in [0.05, 0.1) is 0 Å². The van der Waals surface area contributed by atoms with E-state index in [1.165, 1.54) is 19.3 Å². The van der Waals surface area contributed by atoms with E-state index in [0.29, 0.717) is 3.88 Å². The summed E-state index contributed by atoms with van der Waals surface area (Å²) in [6.07, 6.45) is 1.71. The number of amides is 2. The van der Waals surface area contributed by atoms with Crippen LogP contribution in [0.15, 0.2) is 81.0 Å². The predicted molar refractivity (Wildman–Crippen MR) is 121 cm³/mol. The second-order valence-electron chi connectivity index (χ2n) is 6.67. The summed E-state index contributed by atoms with van der Waals surface area (Å²) in [5.41, 5.74) is 2.44. The Bertz CT molecular complexity index is 1220. The molecule has 0 bridgehead atoms. The quantitative estimate of drug-likeness (QED) is 0.204. The number of hydrogen-bond acceptors (Lipinski definition) is 4. The number of fused-ring (bicyclic) bond motifs is 2. The number of amidine groups is 1. The molecule has 1 radical (unpaired) electrons. The number of likely N-dealkylation sites (N-methyl/N-ethyl adjacent to an activating group) is 1. The Kier molecular flexibility index (Phi) is 5.22. The molecule has 5 rings (SSSR count). The molecule has 3 aromatic rings. The molecule has 0 spiro atoms. The van der Waals surface area contributed by atoms with E-state index in [1.54, 1.807) is 47.2 Å². The molecule has 30 heavy (non-hydrogen) atoms. The fourth-order valence-electron chi connectivity index (χ4n) is 3.33. The Morgan fingerprint density at radius 2 is 1.60 bits per heavy atom. The summed E-state index contributed by atoms with van der Waals surface area (Å²) in [7, 11) is 1.64. The van der Waals surface area contributed by atoms with Crippen LogP contribution in [-0.2, 0) is 9.59 Å². The number of anilines is 3. The van der Waals surface area contributed by atoms with Crippen molar-refractivity contribution in [3.63, 3.8) is 0 Å². The van der Waals surface area contributed by atoms with Crippen molar-refractivity contribution in [2.24, 2.45) is 4.99 Å². The van der Waals surface area contributed by atoms with E-state index in [1.807, 2.05) is 6.07 Å². The van der Waals surface area contributed by atoms with E-state index in [0.717, 1.165) is 15.8 Å². The number of hydrogen-bond donors (Lipinski definition) is 0. The Labute approximate surface area is 197 Å². The van der Waals surface area contributed by atoms with Gasteiger partial charge in [0.15, 0.2) is 0 Å². The minimum absolute atomic E-state index is 0.0504. The number of benzene rings is 2. The normalized spacial score (nSPS) is 17.1. The second-order valence-corrected chi connectivity index (χ2v) is 11.1. The zero-order valence-electron chi connectivity index (χ0n) is 15.7. The SMILES string of the molecule is CN1C(=O)/C(=C/c2ccc(N3c4ccccc4Sc4ccccc43)[se]2)C(=O)N=C1[Te]. The van der Waals surface area contributed by atoms with Gasteiger partial charge < -0.3 is 0 Å². The molecular formula is C22H14N3O2SSeTe. The van der Waals surface area contributed by atoms with Gasteiger partial charge in [-0.2, -0.15) is 0 Å². The van der Waals surface area contributed by atoms with E-state index in [2.05, 4.69) is 64.5 Å². The van der Waals surface area contributed by atoms with E-state index in [4.69, 9.17) is 0 Å². The van der Waals surface area contributed by atoms with Crippen LogP contribution in [0.3, 0.4) is 0 Å². The molecule has 0 saturated heterocycles. The summed E-state index contributed by atoms with van der Waals surface area (Å²) < 4.78 is 2.58. The van der Waals surface area contributed by atoms with Gasteiger partial charge in [0, 0.05) is 0 Å². The average molecular weight is 591 g/mol. The standard InChI is InChI=1S/C22H14N3O2SSeTe/c1-24-21(27)14(20(26)23-22(24)30)12-13-10-11-19(29-13)25-15-6-2-4-8-17(15)28-18-9-5-3-7-16(18)25/h2-12H,1H3/b14-12+. The van der Waals surface area contributed by atoms with Gasteiger partial charge in [-0.05, 0) is 0 Å². The number of carbonyl (C=O) groups is 2. The molecule has 2 aromatic carbocycles. The van der Waals surface area contributed by atoms with Crippen molar-refractivity contribution in [2.45, 2.75) is 9.79 Å². The molecule has 2 amide bonds. The molecule has 0 unspecified atom stereocenters. The van der Waals surface area contributed by atoms with Crippen LogP contribution in [-0.4, -0.2) is 64.4 Å². The first kappa shape index (κ1) is 19.9. The van der Waals surface area contributed by atoms with Crippen molar-refractivity contribution in [3.05, 3.63) is 70.7 Å². The van der Waals surface area contributed by atoms with Crippen LogP contribution in [0.1, 0.15) is 4.44 Å². The molecule has 2 aliphatic rings. The van der Waals surface area contributed by atoms with E-state index in [-0.39, 0.29) is 26.0 Å². The number of para-hydroxylation sites is 2. The molecule has 1 aromatic heterocycles. The molecular weight excluding hydrogens is 577 g/mol. The van der Waals surface area contributed by atoms with E-state index >= 15 is 0 Å². The first-order valence-corrected chi connectivity index (χ1v) is 12.8. The predicted octanol–water partition coefficient (Wildman–Crippen LogP) is 3.58. The summed E-state index contributed by atoms with van der Waals surface area (Å²) in [6.45, 7) is 0. The van der Waals surface area contributed by atoms with Crippen LogP contribution in [0, 0.1) is 0 Å². The number of nitrogens with zero attached hydrogens (tertiary/aromatic N) is 3. The van der Waals surface area contributed by atoms with Crippen LogP contribution >= 0.6 is 11.8 Å². The first-order chi connectivity index (χ1) is 14.5. The monoisotopic (exact) mass is 594 g/mol. The number of rotatable bonds is 2. The third-order valence-corrected chi connectivity index (χ3v) is 9.11. The van der Waals surface area contributed by atoms with Crippen molar-refractivity contribution >= 4 is 86.3 Å². The van der Waals surface area contributed by atoms with Crippen LogP contribution in [0.5, 0.6) is 0 Å². The van der Waals surface area contributed by atoms with Crippen molar-refractivity contribution in [1.82, 2.24) is 4.90 Å². The zero-order chi connectivity index (χ0) is 20.8. The molecule has 3 heterocycles. The Balaban J connectivity index is 1.57. The van der Waals surface area contributed by atoms with Gasteiger partial charge >= 0.3 is 198 Å². The first-order valence-electron chi connectivity index (χ1n) is 9.08. The summed E-state index contributed by atoms with van der Waals surface area (Å²) >= 11 is 3.31. The zero-order valence-corrected chi connectivity index (χ0v) is 20.6. The molecule has 0 fully saturated rings. The molecule has 0 N–H and O–H groups in total. The Hall–Kier alpha value is -2.07. The molecule has 2 aliphatic heterocycles. The van der Waals surface area contributed by atoms with Gasteiger partial charge in [-0.3, -0.25) is 0 Å². The Morgan fingerprint density at radius 1 is 0.967 bits per heavy atom. The van der Waals surface area contributed by atoms with Crippen molar-refractivity contribution < 1.29 is 9.59 Å². The van der Waals surface area contributed by atoms with Gasteiger partial charge in [-0.1, -0.05) is 0 Å². The third-order valence-electron chi connectivity index (χ3n) is 4.80. The summed E-state index contributed by atoms with van der Waals surface area (Å²) in [5, 5.41) is 0. The van der Waals surface area contributed by atoms with Gasteiger partial charge in [0.25, 0.3) is 0 Å². The second kappa shape index (κ2) is 7.88. The number of aliphatic imine (C=N–C) groups is 1. The fourth-order valence-corrected chi connectivity index (χ4v) is 6.91. The summed E-state index contributed by atoms with van der Waals surface area (Å²) in [5.74, 6) is -0.765. The molecule has 147 valence electrons. The number of carbonyl (C=O) groups excluding carboxylic acids is 2. The van der Waals surface area contributed by atoms with Gasteiger partial charge in [-0.25, -0.2) is 0 Å². The summed E-state index contributed by atoms with van der Waals surface area (Å²) in [4.78, 5) is 35.0. The molecule has 8 heteroatoms. The van der Waals surface area contributed by atoms with Crippen molar-refractivity contribution in [1.29, 1.82) is 0 Å². The Morgan fingerprint density at radius 3 is 2.27 bits per heavy atom. The van der Waals surface area contributed by atoms with Crippen molar-refractivity contribution in [3.8, 4) is 0 Å². The van der Waals surface area contributed by atoms with Crippen LogP contribution in [0.2, 0.25) is 0 Å². The van der Waals surface area contributed by atoms with Crippen LogP contribution in [0.4, 0.5) is 15.9 Å². The van der Waals surface area contributed by atoms with Gasteiger partial charge in [0.2, 0.25) is 0 Å². The minimum atomic E-state index is -0.464. The molecule has 0 aliphatic carbocycles. The maximum absolute atomic E-state index is 12.6. The molecule has 0 saturated carbocycles. The fraction of sp³-hybridized carbons (Fsp3) is 0.0455. The topological polar surface area (TPSA) is 53.0 Å². The van der Waals surface area contributed by atoms with E-state index < -0.39 is 5.91 Å². The molecule has 0 atom stereocenters. The van der Waals surface area contributed by atoms with Gasteiger partial charge in [-0.15, -0.1) is 0 Å². The average Bonchev–Trinajstić information content (AvgIpc) is 3.21. The van der Waals surface area contributed by atoms with Gasteiger partial charge in [0.1, 0.15) is 0 Å². The van der Waals surface area contributed by atoms with Crippen LogP contribution < -0.4 is 4.90 Å². The molecule has 5 nitrogen and oxygen atoms in total. The maximum atomic E-state index is 12.6. The summed E-state index contributed by atoms with van der Waals surface area (Å²) in [6, 6.07) is 20.8. The van der Waals surface area contributed by atoms with E-state index in [9.17, 15) is 9.59 Å². The third kappa shape index (κ3) is 3.39. The van der Waals surface area contributed by atoms with Crippen molar-refractivity contribution in [2.75, 3.05) is 11.9 Å².